The fraction of sp³-hybridized carbons (Fsp3) is 0.308. The van der Waals surface area contributed by atoms with Crippen LogP contribution < -0.4 is 10.6 Å². The van der Waals surface area contributed by atoms with E-state index in [9.17, 15) is 4.79 Å². The molecule has 0 unspecified atom stereocenters. The zero-order valence-corrected chi connectivity index (χ0v) is 10.8. The van der Waals surface area contributed by atoms with Gasteiger partial charge in [0.2, 0.25) is 0 Å². The van der Waals surface area contributed by atoms with E-state index in [1.54, 1.807) is 18.2 Å². The fourth-order valence-corrected chi connectivity index (χ4v) is 1.44. The van der Waals surface area contributed by atoms with Crippen molar-refractivity contribution in [2.24, 2.45) is 0 Å². The molecule has 0 heterocycles. The van der Waals surface area contributed by atoms with Crippen LogP contribution in [-0.2, 0) is 0 Å². The maximum Gasteiger partial charge on any atom is 0.319 e. The average Bonchev–Trinajstić information content (AvgIpc) is 2.33. The number of aliphatic hydroxyl groups is 1. The molecule has 2 amide bonds. The van der Waals surface area contributed by atoms with Crippen LogP contribution in [0.4, 0.5) is 10.5 Å². The van der Waals surface area contributed by atoms with Crippen molar-refractivity contribution in [2.45, 2.75) is 13.3 Å². The lowest BCUT2D eigenvalue weighted by atomic mass is 10.2. The number of hydrogen-bond acceptors (Lipinski definition) is 2. The summed E-state index contributed by atoms with van der Waals surface area (Å²) in [5.41, 5.74) is 1.22. The van der Waals surface area contributed by atoms with Gasteiger partial charge in [-0.2, -0.15) is 0 Å². The molecule has 1 rings (SSSR count). The van der Waals surface area contributed by atoms with Gasteiger partial charge in [0.1, 0.15) is 0 Å². The van der Waals surface area contributed by atoms with E-state index in [-0.39, 0.29) is 12.6 Å². The van der Waals surface area contributed by atoms with Crippen molar-refractivity contribution >= 4 is 23.3 Å². The fourth-order valence-electron chi connectivity index (χ4n) is 1.27. The van der Waals surface area contributed by atoms with Crippen molar-refractivity contribution in [1.29, 1.82) is 0 Å². The number of amides is 2. The second-order valence-electron chi connectivity index (χ2n) is 3.45. The predicted octanol–water partition coefficient (Wildman–Crippen LogP) is 2.22. The minimum Gasteiger partial charge on any atom is -0.395 e. The van der Waals surface area contributed by atoms with E-state index in [1.807, 2.05) is 6.92 Å². The number of benzene rings is 1. The Morgan fingerprint density at radius 3 is 2.94 bits per heavy atom. The lowest BCUT2D eigenvalue weighted by Gasteiger charge is -2.08. The van der Waals surface area contributed by atoms with E-state index in [1.165, 1.54) is 0 Å². The van der Waals surface area contributed by atoms with Gasteiger partial charge in [0, 0.05) is 23.6 Å². The zero-order valence-electron chi connectivity index (χ0n) is 10.1. The maximum absolute atomic E-state index is 11.4. The molecule has 0 aliphatic heterocycles. The second-order valence-corrected chi connectivity index (χ2v) is 3.89. The molecule has 0 saturated heterocycles. The molecule has 0 fully saturated rings. The summed E-state index contributed by atoms with van der Waals surface area (Å²) < 4.78 is 0. The molecule has 18 heavy (non-hydrogen) atoms. The quantitative estimate of drug-likeness (QED) is 0.735. The number of hydrogen-bond donors (Lipinski definition) is 3. The SMILES string of the molecule is CCNC(=O)Nc1ccc(Cl)cc1C#CCCO. The number of carbonyl (C=O) groups is 1. The summed E-state index contributed by atoms with van der Waals surface area (Å²) in [5, 5.41) is 14.5. The summed E-state index contributed by atoms with van der Waals surface area (Å²) in [7, 11) is 0. The highest BCUT2D eigenvalue weighted by Crippen LogP contribution is 2.19. The number of carbonyl (C=O) groups excluding carboxylic acids is 1. The van der Waals surface area contributed by atoms with Crippen LogP contribution in [0.2, 0.25) is 5.02 Å². The summed E-state index contributed by atoms with van der Waals surface area (Å²) in [6.07, 6.45) is 0.382. The number of urea groups is 1. The summed E-state index contributed by atoms with van der Waals surface area (Å²) in [6, 6.07) is 4.76. The normalized spacial score (nSPS) is 9.28. The Hall–Kier alpha value is -1.70. The summed E-state index contributed by atoms with van der Waals surface area (Å²) >= 11 is 5.88. The third-order valence-electron chi connectivity index (χ3n) is 2.03. The Labute approximate surface area is 111 Å². The third-order valence-corrected chi connectivity index (χ3v) is 2.26. The topological polar surface area (TPSA) is 61.4 Å². The third kappa shape index (κ3) is 4.66. The van der Waals surface area contributed by atoms with Crippen LogP contribution in [0.5, 0.6) is 0 Å². The molecule has 96 valence electrons. The van der Waals surface area contributed by atoms with Crippen molar-refractivity contribution in [1.82, 2.24) is 5.32 Å². The van der Waals surface area contributed by atoms with Crippen LogP contribution in [0.1, 0.15) is 18.9 Å². The number of aliphatic hydroxyl groups excluding tert-OH is 1. The minimum absolute atomic E-state index is 0.00660. The molecule has 0 bridgehead atoms. The van der Waals surface area contributed by atoms with E-state index in [0.717, 1.165) is 0 Å². The van der Waals surface area contributed by atoms with Gasteiger partial charge in [-0.1, -0.05) is 23.4 Å². The Kier molecular flexibility index (Phi) is 6.06. The highest BCUT2D eigenvalue weighted by atomic mass is 35.5. The van der Waals surface area contributed by atoms with Gasteiger partial charge in [-0.05, 0) is 25.1 Å². The molecule has 0 radical (unpaired) electrons. The van der Waals surface area contributed by atoms with Crippen molar-refractivity contribution in [3.63, 3.8) is 0 Å². The van der Waals surface area contributed by atoms with Gasteiger partial charge in [0.25, 0.3) is 0 Å². The first-order valence-corrected chi connectivity index (χ1v) is 5.99. The van der Waals surface area contributed by atoms with Crippen molar-refractivity contribution in [3.05, 3.63) is 28.8 Å². The van der Waals surface area contributed by atoms with Gasteiger partial charge in [0.15, 0.2) is 0 Å². The largest absolute Gasteiger partial charge is 0.395 e. The highest BCUT2D eigenvalue weighted by Gasteiger charge is 2.04. The maximum atomic E-state index is 11.4. The molecule has 0 aliphatic rings. The van der Waals surface area contributed by atoms with Crippen LogP contribution in [0.3, 0.4) is 0 Å². The van der Waals surface area contributed by atoms with Gasteiger partial charge in [0.05, 0.1) is 12.3 Å². The van der Waals surface area contributed by atoms with Crippen LogP contribution in [0.15, 0.2) is 18.2 Å². The Balaban J connectivity index is 2.90. The van der Waals surface area contributed by atoms with E-state index in [0.29, 0.717) is 29.2 Å². The molecular weight excluding hydrogens is 252 g/mol. The van der Waals surface area contributed by atoms with Crippen LogP contribution >= 0.6 is 11.6 Å². The van der Waals surface area contributed by atoms with Crippen LogP contribution in [0, 0.1) is 11.8 Å². The van der Waals surface area contributed by atoms with Gasteiger partial charge < -0.3 is 15.7 Å². The molecule has 0 aromatic heterocycles. The molecule has 3 N–H and O–H groups in total. The monoisotopic (exact) mass is 266 g/mol. The van der Waals surface area contributed by atoms with E-state index in [2.05, 4.69) is 22.5 Å². The Morgan fingerprint density at radius 2 is 2.28 bits per heavy atom. The standard InChI is InChI=1S/C13H15ClN2O2/c1-2-15-13(18)16-12-7-6-11(14)9-10(12)5-3-4-8-17/h6-7,9,17H,2,4,8H2,1H3,(H2,15,16,18). The molecule has 5 heteroatoms. The van der Waals surface area contributed by atoms with Gasteiger partial charge in [-0.3, -0.25) is 0 Å². The van der Waals surface area contributed by atoms with E-state index in [4.69, 9.17) is 16.7 Å². The van der Waals surface area contributed by atoms with Crippen LogP contribution in [-0.4, -0.2) is 24.3 Å². The average molecular weight is 267 g/mol. The Morgan fingerprint density at radius 1 is 1.50 bits per heavy atom. The summed E-state index contributed by atoms with van der Waals surface area (Å²) in [5.74, 6) is 5.66. The molecule has 4 nitrogen and oxygen atoms in total. The second kappa shape index (κ2) is 7.59. The molecular formula is C13H15ClN2O2. The smallest absolute Gasteiger partial charge is 0.319 e. The first-order chi connectivity index (χ1) is 8.67. The first-order valence-electron chi connectivity index (χ1n) is 5.61. The van der Waals surface area contributed by atoms with Crippen molar-refractivity contribution < 1.29 is 9.90 Å². The highest BCUT2D eigenvalue weighted by molar-refractivity contribution is 6.30. The zero-order chi connectivity index (χ0) is 13.4. The molecule has 0 spiro atoms. The first kappa shape index (κ1) is 14.4. The number of halogens is 1. The van der Waals surface area contributed by atoms with Gasteiger partial charge in [-0.15, -0.1) is 0 Å². The van der Waals surface area contributed by atoms with Crippen LogP contribution in [0.25, 0.3) is 0 Å². The summed E-state index contributed by atoms with van der Waals surface area (Å²) in [6.45, 7) is 2.39. The van der Waals surface area contributed by atoms with Crippen molar-refractivity contribution in [3.8, 4) is 11.8 Å². The van der Waals surface area contributed by atoms with Gasteiger partial charge >= 0.3 is 6.03 Å². The van der Waals surface area contributed by atoms with E-state index >= 15 is 0 Å². The number of anilines is 1. The minimum atomic E-state index is -0.287. The molecule has 0 aliphatic carbocycles. The molecule has 0 saturated carbocycles. The van der Waals surface area contributed by atoms with Crippen molar-refractivity contribution in [2.75, 3.05) is 18.5 Å². The molecule has 0 atom stereocenters. The predicted molar refractivity (Wildman–Crippen MR) is 72.7 cm³/mol. The van der Waals surface area contributed by atoms with E-state index < -0.39 is 0 Å². The lowest BCUT2D eigenvalue weighted by molar-refractivity contribution is 0.252. The number of nitrogens with one attached hydrogen (secondary N) is 2. The van der Waals surface area contributed by atoms with Gasteiger partial charge in [-0.25, -0.2) is 4.79 Å². The lowest BCUT2D eigenvalue weighted by Crippen LogP contribution is -2.28. The molecule has 1 aromatic rings. The summed E-state index contributed by atoms with van der Waals surface area (Å²) in [4.78, 5) is 11.4. The number of rotatable bonds is 3. The Bertz CT molecular complexity index is 478. The molecule has 1 aromatic carbocycles.